The average Bonchev–Trinajstić information content (AvgIpc) is 2.49. The van der Waals surface area contributed by atoms with E-state index in [1.54, 1.807) is 0 Å². The summed E-state index contributed by atoms with van der Waals surface area (Å²) in [5, 5.41) is 9.36. The minimum atomic E-state index is -4.51. The third kappa shape index (κ3) is 3.98. The Labute approximate surface area is 125 Å². The summed E-state index contributed by atoms with van der Waals surface area (Å²) in [6, 6.07) is 10.3. The molecule has 0 fully saturated rings. The van der Waals surface area contributed by atoms with Crippen LogP contribution in [0.3, 0.4) is 0 Å². The van der Waals surface area contributed by atoms with E-state index in [4.69, 9.17) is 4.74 Å². The Kier molecular flexibility index (Phi) is 5.03. The summed E-state index contributed by atoms with van der Waals surface area (Å²) < 4.78 is 56.7. The SMILES string of the molecule is OCC(COc1ccccc1C(F)(F)F)c1ccc(F)cc1. The lowest BCUT2D eigenvalue weighted by molar-refractivity contribution is -0.139. The second-order valence-corrected chi connectivity index (χ2v) is 4.74. The van der Waals surface area contributed by atoms with Crippen LogP contribution in [0.5, 0.6) is 5.75 Å². The molecule has 0 aliphatic rings. The lowest BCUT2D eigenvalue weighted by atomic mass is 10.0. The van der Waals surface area contributed by atoms with Crippen molar-refractivity contribution < 1.29 is 27.4 Å². The van der Waals surface area contributed by atoms with Crippen molar-refractivity contribution in [1.29, 1.82) is 0 Å². The van der Waals surface area contributed by atoms with Crippen LogP contribution in [-0.2, 0) is 6.18 Å². The van der Waals surface area contributed by atoms with Crippen LogP contribution in [0.1, 0.15) is 17.0 Å². The van der Waals surface area contributed by atoms with Crippen LogP contribution >= 0.6 is 0 Å². The Bertz CT molecular complexity index is 608. The Morgan fingerprint density at radius 2 is 1.64 bits per heavy atom. The van der Waals surface area contributed by atoms with Crippen molar-refractivity contribution in [2.24, 2.45) is 0 Å². The molecule has 0 radical (unpaired) electrons. The molecule has 0 aromatic heterocycles. The zero-order valence-electron chi connectivity index (χ0n) is 11.5. The fraction of sp³-hybridized carbons (Fsp3) is 0.250. The van der Waals surface area contributed by atoms with Crippen molar-refractivity contribution in [3.63, 3.8) is 0 Å². The number of para-hydroxylation sites is 1. The van der Waals surface area contributed by atoms with Crippen molar-refractivity contribution in [2.45, 2.75) is 12.1 Å². The first-order chi connectivity index (χ1) is 10.4. The second-order valence-electron chi connectivity index (χ2n) is 4.74. The monoisotopic (exact) mass is 314 g/mol. The molecule has 0 saturated carbocycles. The molecule has 0 saturated heterocycles. The molecule has 1 N–H and O–H groups in total. The number of aliphatic hydroxyl groups is 1. The van der Waals surface area contributed by atoms with E-state index in [-0.39, 0.29) is 19.0 Å². The van der Waals surface area contributed by atoms with Crippen molar-refractivity contribution >= 4 is 0 Å². The van der Waals surface area contributed by atoms with Gasteiger partial charge in [0.15, 0.2) is 0 Å². The van der Waals surface area contributed by atoms with Gasteiger partial charge in [-0.2, -0.15) is 13.2 Å². The minimum absolute atomic E-state index is 0.144. The van der Waals surface area contributed by atoms with Crippen molar-refractivity contribution in [3.8, 4) is 5.75 Å². The predicted octanol–water partition coefficient (Wildman–Crippen LogP) is 4.00. The molecule has 2 rings (SSSR count). The van der Waals surface area contributed by atoms with Gasteiger partial charge in [-0.15, -0.1) is 0 Å². The average molecular weight is 314 g/mol. The number of benzene rings is 2. The highest BCUT2D eigenvalue weighted by atomic mass is 19.4. The number of rotatable bonds is 5. The van der Waals surface area contributed by atoms with Gasteiger partial charge >= 0.3 is 6.18 Å². The number of aliphatic hydroxyl groups excluding tert-OH is 1. The molecule has 0 heterocycles. The fourth-order valence-corrected chi connectivity index (χ4v) is 2.01. The van der Waals surface area contributed by atoms with Gasteiger partial charge in [0.05, 0.1) is 18.8 Å². The summed E-state index contributed by atoms with van der Waals surface area (Å²) >= 11 is 0. The van der Waals surface area contributed by atoms with Crippen LogP contribution in [0.25, 0.3) is 0 Å². The van der Waals surface area contributed by atoms with Crippen LogP contribution in [0.15, 0.2) is 48.5 Å². The van der Waals surface area contributed by atoms with Crippen molar-refractivity contribution in [3.05, 3.63) is 65.5 Å². The van der Waals surface area contributed by atoms with E-state index in [0.29, 0.717) is 5.56 Å². The fourth-order valence-electron chi connectivity index (χ4n) is 2.01. The molecule has 22 heavy (non-hydrogen) atoms. The molecule has 2 aromatic rings. The van der Waals surface area contributed by atoms with E-state index in [0.717, 1.165) is 6.07 Å². The van der Waals surface area contributed by atoms with E-state index < -0.39 is 23.5 Å². The van der Waals surface area contributed by atoms with E-state index in [9.17, 15) is 22.7 Å². The van der Waals surface area contributed by atoms with Gasteiger partial charge in [0.25, 0.3) is 0 Å². The Morgan fingerprint density at radius 1 is 1.00 bits per heavy atom. The third-order valence-corrected chi connectivity index (χ3v) is 3.19. The van der Waals surface area contributed by atoms with Gasteiger partial charge in [-0.25, -0.2) is 4.39 Å². The van der Waals surface area contributed by atoms with Crippen LogP contribution in [0.2, 0.25) is 0 Å². The smallest absolute Gasteiger partial charge is 0.419 e. The summed E-state index contributed by atoms with van der Waals surface area (Å²) in [5.41, 5.74) is -0.279. The lowest BCUT2D eigenvalue weighted by Crippen LogP contribution is -2.16. The second kappa shape index (κ2) is 6.79. The summed E-state index contributed by atoms with van der Waals surface area (Å²) in [5.74, 6) is -1.26. The van der Waals surface area contributed by atoms with Crippen LogP contribution in [0.4, 0.5) is 17.6 Å². The number of alkyl halides is 3. The molecule has 0 aliphatic heterocycles. The maximum Gasteiger partial charge on any atom is 0.419 e. The maximum absolute atomic E-state index is 12.9. The molecule has 0 aliphatic carbocycles. The summed E-state index contributed by atoms with van der Waals surface area (Å²) in [7, 11) is 0. The molecule has 1 unspecified atom stereocenters. The van der Waals surface area contributed by atoms with Gasteiger partial charge in [0.2, 0.25) is 0 Å². The topological polar surface area (TPSA) is 29.5 Å². The maximum atomic E-state index is 12.9. The summed E-state index contributed by atoms with van der Waals surface area (Å²) in [4.78, 5) is 0. The zero-order valence-corrected chi connectivity index (χ0v) is 11.5. The van der Waals surface area contributed by atoms with Gasteiger partial charge < -0.3 is 9.84 Å². The first-order valence-electron chi connectivity index (χ1n) is 6.57. The van der Waals surface area contributed by atoms with Gasteiger partial charge in [0.1, 0.15) is 11.6 Å². The van der Waals surface area contributed by atoms with Gasteiger partial charge in [-0.3, -0.25) is 0 Å². The summed E-state index contributed by atoms with van der Waals surface area (Å²) in [6.07, 6.45) is -4.51. The van der Waals surface area contributed by atoms with Crippen LogP contribution in [0, 0.1) is 5.82 Å². The highest BCUT2D eigenvalue weighted by Gasteiger charge is 2.34. The Hall–Kier alpha value is -2.08. The quantitative estimate of drug-likeness (QED) is 0.845. The molecule has 0 amide bonds. The molecular weight excluding hydrogens is 300 g/mol. The van der Waals surface area contributed by atoms with Crippen molar-refractivity contribution in [2.75, 3.05) is 13.2 Å². The number of hydrogen-bond donors (Lipinski definition) is 1. The van der Waals surface area contributed by atoms with Gasteiger partial charge in [-0.1, -0.05) is 24.3 Å². The molecule has 2 nitrogen and oxygen atoms in total. The van der Waals surface area contributed by atoms with E-state index >= 15 is 0 Å². The molecule has 0 bridgehead atoms. The van der Waals surface area contributed by atoms with Crippen LogP contribution in [-0.4, -0.2) is 18.3 Å². The first-order valence-corrected chi connectivity index (χ1v) is 6.57. The summed E-state index contributed by atoms with van der Waals surface area (Å²) in [6.45, 7) is -0.463. The lowest BCUT2D eigenvalue weighted by Gasteiger charge is -2.18. The largest absolute Gasteiger partial charge is 0.492 e. The number of hydrogen-bond acceptors (Lipinski definition) is 2. The zero-order chi connectivity index (χ0) is 16.2. The van der Waals surface area contributed by atoms with Crippen LogP contribution < -0.4 is 4.74 Å². The van der Waals surface area contributed by atoms with Crippen molar-refractivity contribution in [1.82, 2.24) is 0 Å². The predicted molar refractivity (Wildman–Crippen MR) is 73.2 cm³/mol. The first kappa shape index (κ1) is 16.3. The normalized spacial score (nSPS) is 13.0. The van der Waals surface area contributed by atoms with E-state index in [1.165, 1.54) is 42.5 Å². The third-order valence-electron chi connectivity index (χ3n) is 3.19. The van der Waals surface area contributed by atoms with E-state index in [1.807, 2.05) is 0 Å². The van der Waals surface area contributed by atoms with E-state index in [2.05, 4.69) is 0 Å². The highest BCUT2D eigenvalue weighted by Crippen LogP contribution is 2.36. The highest BCUT2D eigenvalue weighted by molar-refractivity contribution is 5.35. The minimum Gasteiger partial charge on any atom is -0.492 e. The Balaban J connectivity index is 2.13. The molecule has 1 atom stereocenters. The number of halogens is 4. The molecule has 0 spiro atoms. The van der Waals surface area contributed by atoms with Gasteiger partial charge in [0, 0.05) is 5.92 Å². The molecule has 6 heteroatoms. The molecule has 2 aromatic carbocycles. The number of ether oxygens (including phenoxy) is 1. The standard InChI is InChI=1S/C16H14F4O2/c17-13-7-5-11(6-8-13)12(9-21)10-22-15-4-2-1-3-14(15)16(18,19)20/h1-8,12,21H,9-10H2. The Morgan fingerprint density at radius 3 is 2.23 bits per heavy atom. The molecular formula is C16H14F4O2. The van der Waals surface area contributed by atoms with Gasteiger partial charge in [-0.05, 0) is 29.8 Å². The molecule has 118 valence electrons.